The number of nitrogens with zero attached hydrogens (tertiary/aromatic N) is 3. The van der Waals surface area contributed by atoms with Crippen molar-refractivity contribution in [2.45, 2.75) is 25.3 Å². The number of hydrogen-bond acceptors (Lipinski definition) is 4. The fourth-order valence-corrected chi connectivity index (χ4v) is 3.77. The molecule has 0 aromatic heterocycles. The van der Waals surface area contributed by atoms with Gasteiger partial charge < -0.3 is 15.5 Å². The molecule has 1 saturated heterocycles. The number of halogens is 1. The van der Waals surface area contributed by atoms with Crippen LogP contribution in [0.5, 0.6) is 0 Å². The second kappa shape index (κ2) is 12.8. The van der Waals surface area contributed by atoms with Crippen molar-refractivity contribution in [2.75, 3.05) is 59.1 Å². The van der Waals surface area contributed by atoms with E-state index in [1.54, 1.807) is 11.8 Å². The minimum absolute atomic E-state index is 0. The molecule has 0 amide bonds. The van der Waals surface area contributed by atoms with E-state index in [4.69, 9.17) is 0 Å². The summed E-state index contributed by atoms with van der Waals surface area (Å²) >= 11 is 1.80. The Hall–Kier alpha value is -0.510. The highest BCUT2D eigenvalue weighted by Crippen LogP contribution is 2.21. The van der Waals surface area contributed by atoms with Gasteiger partial charge in [0.2, 0.25) is 0 Å². The Kier molecular flexibility index (Phi) is 11.6. The lowest BCUT2D eigenvalue weighted by Gasteiger charge is -2.34. The molecule has 0 saturated carbocycles. The number of aryl methyl sites for hydroxylation is 1. The largest absolute Gasteiger partial charge is 0.355 e. The molecule has 2 rings (SSSR count). The lowest BCUT2D eigenvalue weighted by Crippen LogP contribution is -2.49. The van der Waals surface area contributed by atoms with Crippen LogP contribution in [0.3, 0.4) is 0 Å². The number of likely N-dealkylation sites (N-methyl/N-ethyl adjacent to an activating group) is 1. The van der Waals surface area contributed by atoms with E-state index < -0.39 is 0 Å². The maximum absolute atomic E-state index is 4.35. The van der Waals surface area contributed by atoms with Crippen LogP contribution in [0.4, 0.5) is 0 Å². The predicted molar refractivity (Wildman–Crippen MR) is 125 cm³/mol. The van der Waals surface area contributed by atoms with E-state index in [-0.39, 0.29) is 24.0 Å². The van der Waals surface area contributed by atoms with Gasteiger partial charge in [-0.15, -0.1) is 35.7 Å². The summed E-state index contributed by atoms with van der Waals surface area (Å²) in [6, 6.07) is 6.62. The van der Waals surface area contributed by atoms with Crippen molar-refractivity contribution in [3.8, 4) is 0 Å². The van der Waals surface area contributed by atoms with Crippen LogP contribution in [0.25, 0.3) is 0 Å². The van der Waals surface area contributed by atoms with E-state index in [2.05, 4.69) is 63.7 Å². The molecule has 2 N–H and O–H groups in total. The highest BCUT2D eigenvalue weighted by atomic mass is 127. The maximum atomic E-state index is 4.35. The van der Waals surface area contributed by atoms with Gasteiger partial charge in [-0.1, -0.05) is 19.1 Å². The average Bonchev–Trinajstić information content (AvgIpc) is 2.65. The van der Waals surface area contributed by atoms with E-state index in [1.807, 2.05) is 7.05 Å². The second-order valence-electron chi connectivity index (χ2n) is 6.44. The van der Waals surface area contributed by atoms with Crippen molar-refractivity contribution in [3.63, 3.8) is 0 Å². The van der Waals surface area contributed by atoms with Crippen LogP contribution in [0, 0.1) is 6.92 Å². The second-order valence-corrected chi connectivity index (χ2v) is 7.29. The SMILES string of the molecule is CCN1CCN(CCNC(=NC)NCc2ccc(C)cc2SC)CC1.I. The quantitative estimate of drug-likeness (QED) is 0.266. The van der Waals surface area contributed by atoms with Crippen LogP contribution in [0.2, 0.25) is 0 Å². The van der Waals surface area contributed by atoms with Crippen molar-refractivity contribution < 1.29 is 0 Å². The zero-order chi connectivity index (χ0) is 18.1. The van der Waals surface area contributed by atoms with Crippen LogP contribution in [0.15, 0.2) is 28.1 Å². The first-order valence-corrected chi connectivity index (χ1v) is 10.4. The highest BCUT2D eigenvalue weighted by molar-refractivity contribution is 14.0. The van der Waals surface area contributed by atoms with Gasteiger partial charge in [-0.2, -0.15) is 0 Å². The van der Waals surface area contributed by atoms with Gasteiger partial charge in [0.1, 0.15) is 0 Å². The molecule has 0 spiro atoms. The Morgan fingerprint density at radius 2 is 1.85 bits per heavy atom. The van der Waals surface area contributed by atoms with Crippen LogP contribution in [0.1, 0.15) is 18.1 Å². The lowest BCUT2D eigenvalue weighted by molar-refractivity contribution is 0.139. The predicted octanol–water partition coefficient (Wildman–Crippen LogP) is 2.64. The summed E-state index contributed by atoms with van der Waals surface area (Å²) < 4.78 is 0. The Labute approximate surface area is 180 Å². The fraction of sp³-hybridized carbons (Fsp3) is 0.632. The Morgan fingerprint density at radius 1 is 1.15 bits per heavy atom. The summed E-state index contributed by atoms with van der Waals surface area (Å²) in [7, 11) is 1.83. The standard InChI is InChI=1S/C19H33N5S.HI/c1-5-23-10-12-24(13-11-23)9-8-21-19(20-3)22-15-17-7-6-16(2)14-18(17)25-4;/h6-7,14H,5,8-13,15H2,1-4H3,(H2,20,21,22);1H. The molecule has 5 nitrogen and oxygen atoms in total. The van der Waals surface area contributed by atoms with Gasteiger partial charge in [-0.25, -0.2) is 0 Å². The molecule has 0 bridgehead atoms. The van der Waals surface area contributed by atoms with E-state index in [0.29, 0.717) is 0 Å². The molecule has 7 heteroatoms. The molecule has 148 valence electrons. The van der Waals surface area contributed by atoms with E-state index in [0.717, 1.165) is 25.6 Å². The van der Waals surface area contributed by atoms with Crippen LogP contribution in [-0.2, 0) is 6.54 Å². The monoisotopic (exact) mass is 491 g/mol. The summed E-state index contributed by atoms with van der Waals surface area (Å²) in [6.45, 7) is 13.0. The summed E-state index contributed by atoms with van der Waals surface area (Å²) in [5.74, 6) is 0.875. The third-order valence-electron chi connectivity index (χ3n) is 4.75. The molecular formula is C19H34IN5S. The first-order valence-electron chi connectivity index (χ1n) is 9.19. The number of nitrogens with one attached hydrogen (secondary N) is 2. The third kappa shape index (κ3) is 7.62. The molecule has 1 fully saturated rings. The summed E-state index contributed by atoms with van der Waals surface area (Å²) in [5.41, 5.74) is 2.62. The van der Waals surface area contributed by atoms with Crippen LogP contribution in [-0.4, -0.2) is 74.9 Å². The number of thioether (sulfide) groups is 1. The molecule has 1 heterocycles. The van der Waals surface area contributed by atoms with Crippen molar-refractivity contribution in [2.24, 2.45) is 4.99 Å². The average molecular weight is 491 g/mol. The van der Waals surface area contributed by atoms with Crippen molar-refractivity contribution in [1.29, 1.82) is 0 Å². The summed E-state index contributed by atoms with van der Waals surface area (Å²) in [5, 5.41) is 6.87. The highest BCUT2D eigenvalue weighted by Gasteiger charge is 2.14. The zero-order valence-corrected chi connectivity index (χ0v) is 19.7. The topological polar surface area (TPSA) is 42.9 Å². The summed E-state index contributed by atoms with van der Waals surface area (Å²) in [6.07, 6.45) is 2.13. The van der Waals surface area contributed by atoms with Gasteiger partial charge in [0.25, 0.3) is 0 Å². The van der Waals surface area contributed by atoms with Crippen LogP contribution >= 0.6 is 35.7 Å². The zero-order valence-electron chi connectivity index (χ0n) is 16.5. The Bertz CT molecular complexity index is 559. The maximum Gasteiger partial charge on any atom is 0.191 e. The van der Waals surface area contributed by atoms with Gasteiger partial charge in [0, 0.05) is 57.8 Å². The van der Waals surface area contributed by atoms with E-state index in [1.165, 1.54) is 48.7 Å². The molecule has 0 unspecified atom stereocenters. The van der Waals surface area contributed by atoms with Crippen molar-refractivity contribution >= 4 is 41.7 Å². The number of benzene rings is 1. The van der Waals surface area contributed by atoms with Crippen molar-refractivity contribution in [3.05, 3.63) is 29.3 Å². The van der Waals surface area contributed by atoms with Gasteiger partial charge in [0.15, 0.2) is 5.96 Å². The lowest BCUT2D eigenvalue weighted by atomic mass is 10.1. The first kappa shape index (κ1) is 23.5. The number of hydrogen-bond donors (Lipinski definition) is 2. The molecule has 0 aliphatic carbocycles. The molecule has 26 heavy (non-hydrogen) atoms. The number of piperazine rings is 1. The normalized spacial score (nSPS) is 16.2. The number of aliphatic imine (C=N–C) groups is 1. The third-order valence-corrected chi connectivity index (χ3v) is 5.56. The van der Waals surface area contributed by atoms with E-state index >= 15 is 0 Å². The molecule has 0 radical (unpaired) electrons. The molecule has 1 aliphatic rings. The number of rotatable bonds is 7. The molecule has 0 atom stereocenters. The Morgan fingerprint density at radius 3 is 2.46 bits per heavy atom. The minimum Gasteiger partial charge on any atom is -0.355 e. The molecule has 1 aromatic rings. The van der Waals surface area contributed by atoms with Crippen LogP contribution < -0.4 is 10.6 Å². The smallest absolute Gasteiger partial charge is 0.191 e. The molecule has 1 aliphatic heterocycles. The van der Waals surface area contributed by atoms with Gasteiger partial charge in [0.05, 0.1) is 0 Å². The molecular weight excluding hydrogens is 457 g/mol. The molecule has 1 aromatic carbocycles. The first-order chi connectivity index (χ1) is 12.2. The number of guanidine groups is 1. The van der Waals surface area contributed by atoms with E-state index in [9.17, 15) is 0 Å². The van der Waals surface area contributed by atoms with Gasteiger partial charge in [-0.3, -0.25) is 9.89 Å². The minimum atomic E-state index is 0. The Balaban J connectivity index is 0.00000338. The van der Waals surface area contributed by atoms with Gasteiger partial charge >= 0.3 is 0 Å². The fourth-order valence-electron chi connectivity index (χ4n) is 3.06. The van der Waals surface area contributed by atoms with Gasteiger partial charge in [-0.05, 0) is 36.9 Å². The summed E-state index contributed by atoms with van der Waals surface area (Å²) in [4.78, 5) is 10.7. The van der Waals surface area contributed by atoms with Crippen molar-refractivity contribution in [1.82, 2.24) is 20.4 Å².